The second-order valence-corrected chi connectivity index (χ2v) is 6.76. The van der Waals surface area contributed by atoms with E-state index in [1.165, 1.54) is 29.2 Å². The molecule has 1 fully saturated rings. The molecule has 0 bridgehead atoms. The van der Waals surface area contributed by atoms with Crippen LogP contribution in [0.5, 0.6) is 0 Å². The molecule has 1 aliphatic heterocycles. The number of likely N-dealkylation sites (tertiary alicyclic amines) is 1. The smallest absolute Gasteiger partial charge is 0.306 e. The van der Waals surface area contributed by atoms with Crippen LogP contribution in [0.2, 0.25) is 0 Å². The summed E-state index contributed by atoms with van der Waals surface area (Å²) in [5, 5.41) is 19.1. The molecule has 2 aromatic rings. The number of aromatic nitrogens is 2. The van der Waals surface area contributed by atoms with Crippen molar-refractivity contribution in [2.24, 2.45) is 5.92 Å². The number of anilines is 1. The van der Waals surface area contributed by atoms with Crippen molar-refractivity contribution in [3.05, 3.63) is 40.1 Å². The molecule has 1 saturated heterocycles. The number of carbonyl (C=O) groups is 3. The van der Waals surface area contributed by atoms with Gasteiger partial charge in [-0.25, -0.2) is 4.39 Å². The van der Waals surface area contributed by atoms with Crippen molar-refractivity contribution in [1.82, 2.24) is 15.1 Å². The Kier molecular flexibility index (Phi) is 5.21. The van der Waals surface area contributed by atoms with Gasteiger partial charge in [0.05, 0.1) is 5.92 Å². The van der Waals surface area contributed by atoms with Crippen molar-refractivity contribution >= 4 is 34.8 Å². The van der Waals surface area contributed by atoms with Crippen LogP contribution >= 0.6 is 11.3 Å². The van der Waals surface area contributed by atoms with Crippen molar-refractivity contribution in [3.8, 4) is 0 Å². The van der Waals surface area contributed by atoms with E-state index in [2.05, 4.69) is 15.5 Å². The van der Waals surface area contributed by atoms with Gasteiger partial charge in [-0.15, -0.1) is 10.2 Å². The Morgan fingerprint density at radius 2 is 1.73 bits per heavy atom. The highest BCUT2D eigenvalue weighted by molar-refractivity contribution is 7.15. The van der Waals surface area contributed by atoms with Crippen molar-refractivity contribution in [1.29, 1.82) is 0 Å². The van der Waals surface area contributed by atoms with Crippen LogP contribution in [0.15, 0.2) is 24.3 Å². The van der Waals surface area contributed by atoms with Gasteiger partial charge in [0, 0.05) is 18.8 Å². The van der Waals surface area contributed by atoms with Crippen LogP contribution in [-0.2, 0) is 4.79 Å². The summed E-state index contributed by atoms with van der Waals surface area (Å²) < 4.78 is 12.9. The Bertz CT molecular complexity index is 831. The quantitative estimate of drug-likeness (QED) is 0.840. The zero-order valence-electron chi connectivity index (χ0n) is 13.5. The Labute approximate surface area is 151 Å². The molecule has 26 heavy (non-hydrogen) atoms. The van der Waals surface area contributed by atoms with Gasteiger partial charge in [-0.3, -0.25) is 14.4 Å². The van der Waals surface area contributed by atoms with Gasteiger partial charge in [0.1, 0.15) is 5.82 Å². The van der Waals surface area contributed by atoms with Crippen LogP contribution in [0.4, 0.5) is 10.1 Å². The molecule has 0 aliphatic carbocycles. The molecule has 136 valence electrons. The molecule has 1 aromatic carbocycles. The lowest BCUT2D eigenvalue weighted by molar-refractivity contribution is -0.143. The third kappa shape index (κ3) is 4.02. The van der Waals surface area contributed by atoms with Gasteiger partial charge in [0.15, 0.2) is 0 Å². The largest absolute Gasteiger partial charge is 0.481 e. The number of carboxylic acid groups (broad SMARTS) is 1. The number of halogens is 1. The zero-order chi connectivity index (χ0) is 18.7. The number of hydrogen-bond donors (Lipinski definition) is 2. The normalized spacial score (nSPS) is 14.9. The summed E-state index contributed by atoms with van der Waals surface area (Å²) >= 11 is 0.856. The summed E-state index contributed by atoms with van der Waals surface area (Å²) in [6.45, 7) is 0.652. The molecule has 1 aliphatic rings. The predicted molar refractivity (Wildman–Crippen MR) is 90.5 cm³/mol. The van der Waals surface area contributed by atoms with E-state index < -0.39 is 23.6 Å². The Balaban J connectivity index is 1.62. The Hall–Kier alpha value is -2.88. The molecule has 8 nitrogen and oxygen atoms in total. The minimum absolute atomic E-state index is 0.0121. The summed E-state index contributed by atoms with van der Waals surface area (Å²) in [6.07, 6.45) is 0.773. The maximum Gasteiger partial charge on any atom is 0.306 e. The first kappa shape index (κ1) is 17.9. The molecule has 2 amide bonds. The third-order valence-corrected chi connectivity index (χ3v) is 4.95. The molecule has 0 atom stereocenters. The number of hydrogen-bond acceptors (Lipinski definition) is 6. The fourth-order valence-corrected chi connectivity index (χ4v) is 3.29. The van der Waals surface area contributed by atoms with Crippen LogP contribution in [0.1, 0.15) is 32.4 Å². The number of nitrogens with zero attached hydrogens (tertiary/aromatic N) is 3. The third-order valence-electron chi connectivity index (χ3n) is 4.04. The molecular formula is C16H15FN4O4S. The second kappa shape index (κ2) is 7.56. The first-order valence-corrected chi connectivity index (χ1v) is 8.68. The van der Waals surface area contributed by atoms with E-state index >= 15 is 0 Å². The van der Waals surface area contributed by atoms with E-state index in [4.69, 9.17) is 5.11 Å². The first-order valence-electron chi connectivity index (χ1n) is 7.86. The van der Waals surface area contributed by atoms with Gasteiger partial charge in [0.25, 0.3) is 11.8 Å². The van der Waals surface area contributed by atoms with Gasteiger partial charge < -0.3 is 15.3 Å². The lowest BCUT2D eigenvalue weighted by Gasteiger charge is -2.29. The van der Waals surface area contributed by atoms with Crippen molar-refractivity contribution in [3.63, 3.8) is 0 Å². The zero-order valence-corrected chi connectivity index (χ0v) is 14.3. The van der Waals surface area contributed by atoms with Gasteiger partial charge in [-0.2, -0.15) is 0 Å². The van der Waals surface area contributed by atoms with Crippen molar-refractivity contribution < 1.29 is 23.9 Å². The molecule has 1 aromatic heterocycles. The van der Waals surface area contributed by atoms with Gasteiger partial charge in [0.2, 0.25) is 10.0 Å². The fourth-order valence-electron chi connectivity index (χ4n) is 2.58. The summed E-state index contributed by atoms with van der Waals surface area (Å²) in [4.78, 5) is 37.0. The molecular weight excluding hydrogens is 363 g/mol. The molecule has 0 unspecified atom stereocenters. The van der Waals surface area contributed by atoms with E-state index in [1.54, 1.807) is 0 Å². The molecule has 0 saturated carbocycles. The summed E-state index contributed by atoms with van der Waals surface area (Å²) in [6, 6.07) is 5.25. The van der Waals surface area contributed by atoms with Gasteiger partial charge >= 0.3 is 5.97 Å². The van der Waals surface area contributed by atoms with Crippen LogP contribution in [-0.4, -0.2) is 51.1 Å². The summed E-state index contributed by atoms with van der Waals surface area (Å²) in [7, 11) is 0. The highest BCUT2D eigenvalue weighted by Crippen LogP contribution is 2.21. The lowest BCUT2D eigenvalue weighted by Crippen LogP contribution is -2.40. The Morgan fingerprint density at radius 3 is 2.35 bits per heavy atom. The van der Waals surface area contributed by atoms with E-state index in [9.17, 15) is 18.8 Å². The van der Waals surface area contributed by atoms with E-state index in [1.807, 2.05) is 0 Å². The number of nitrogens with one attached hydrogen (secondary N) is 1. The highest BCUT2D eigenvalue weighted by Gasteiger charge is 2.29. The van der Waals surface area contributed by atoms with Gasteiger partial charge in [-0.1, -0.05) is 11.3 Å². The minimum atomic E-state index is -0.854. The first-order chi connectivity index (χ1) is 12.4. The number of benzene rings is 1. The van der Waals surface area contributed by atoms with Gasteiger partial charge in [-0.05, 0) is 37.1 Å². The molecule has 2 heterocycles. The Morgan fingerprint density at radius 1 is 1.12 bits per heavy atom. The number of rotatable bonds is 4. The lowest BCUT2D eigenvalue weighted by atomic mass is 9.97. The van der Waals surface area contributed by atoms with E-state index in [0.29, 0.717) is 31.6 Å². The number of aliphatic carboxylic acids is 1. The standard InChI is InChI=1S/C16H15FN4O4S/c17-10-1-3-11(4-2-10)18-12(22)13-19-20-14(26-13)15(23)21-7-5-9(6-8-21)16(24)25/h1-4,9H,5-8H2,(H,18,22)(H,24,25). The maximum atomic E-state index is 12.9. The van der Waals surface area contributed by atoms with Crippen LogP contribution in [0.3, 0.4) is 0 Å². The van der Waals surface area contributed by atoms with E-state index in [-0.39, 0.29) is 15.9 Å². The average Bonchev–Trinajstić information content (AvgIpc) is 3.13. The summed E-state index contributed by atoms with van der Waals surface area (Å²) in [5.41, 5.74) is 0.398. The van der Waals surface area contributed by atoms with Crippen LogP contribution in [0, 0.1) is 11.7 Å². The molecule has 0 radical (unpaired) electrons. The molecule has 3 rings (SSSR count). The molecule has 0 spiro atoms. The molecule has 10 heteroatoms. The number of piperidine rings is 1. The van der Waals surface area contributed by atoms with Crippen molar-refractivity contribution in [2.45, 2.75) is 12.8 Å². The second-order valence-electron chi connectivity index (χ2n) is 5.78. The van der Waals surface area contributed by atoms with Crippen LogP contribution < -0.4 is 5.32 Å². The maximum absolute atomic E-state index is 12.9. The van der Waals surface area contributed by atoms with Crippen LogP contribution in [0.25, 0.3) is 0 Å². The fraction of sp³-hybridized carbons (Fsp3) is 0.312. The highest BCUT2D eigenvalue weighted by atomic mass is 32.1. The minimum Gasteiger partial charge on any atom is -0.481 e. The number of carboxylic acids is 1. The average molecular weight is 378 g/mol. The topological polar surface area (TPSA) is 112 Å². The SMILES string of the molecule is O=C(Nc1ccc(F)cc1)c1nnc(C(=O)N2CCC(C(=O)O)CC2)s1. The van der Waals surface area contributed by atoms with Crippen molar-refractivity contribution in [2.75, 3.05) is 18.4 Å². The predicted octanol–water partition coefficient (Wildman–Crippen LogP) is 1.87. The molecule has 2 N–H and O–H groups in total. The summed E-state index contributed by atoms with van der Waals surface area (Å²) in [5.74, 6) is -2.62. The monoisotopic (exact) mass is 378 g/mol. The number of carbonyl (C=O) groups excluding carboxylic acids is 2. The number of amides is 2. The van der Waals surface area contributed by atoms with E-state index in [0.717, 1.165) is 11.3 Å².